The highest BCUT2D eigenvalue weighted by Crippen LogP contribution is 2.39. The predicted molar refractivity (Wildman–Crippen MR) is 73.7 cm³/mol. The molecule has 2 aromatic rings. The molecular formula is C13H14S2. The molecule has 2 rings (SSSR count). The van der Waals surface area contributed by atoms with Crippen LogP contribution in [-0.4, -0.2) is 12.5 Å². The van der Waals surface area contributed by atoms with E-state index in [1.807, 2.05) is 23.5 Å². The van der Waals surface area contributed by atoms with Crippen molar-refractivity contribution in [1.29, 1.82) is 0 Å². The number of benzene rings is 2. The Morgan fingerprint density at radius 1 is 0.867 bits per heavy atom. The van der Waals surface area contributed by atoms with Crippen LogP contribution in [-0.2, 0) is 0 Å². The number of thioether (sulfide) groups is 2. The molecule has 0 heterocycles. The monoisotopic (exact) mass is 234 g/mol. The van der Waals surface area contributed by atoms with Crippen LogP contribution in [0.2, 0.25) is 0 Å². The molecule has 0 nitrogen and oxygen atoms in total. The summed E-state index contributed by atoms with van der Waals surface area (Å²) in [6.07, 6.45) is 4.34. The molecule has 0 N–H and O–H groups in total. The molecular weight excluding hydrogens is 220 g/mol. The van der Waals surface area contributed by atoms with Crippen LogP contribution in [0.15, 0.2) is 42.5 Å². The van der Waals surface area contributed by atoms with E-state index in [1.54, 1.807) is 0 Å². The van der Waals surface area contributed by atoms with Gasteiger partial charge in [0, 0.05) is 0 Å². The highest BCUT2D eigenvalue weighted by Gasteiger charge is 2.10. The van der Waals surface area contributed by atoms with Gasteiger partial charge in [-0.25, -0.2) is 0 Å². The van der Waals surface area contributed by atoms with Gasteiger partial charge in [0.15, 0.2) is 0 Å². The molecule has 15 heavy (non-hydrogen) atoms. The van der Waals surface area contributed by atoms with E-state index in [4.69, 9.17) is 0 Å². The first-order valence-corrected chi connectivity index (χ1v) is 7.47. The van der Waals surface area contributed by atoms with Crippen molar-refractivity contribution in [3.8, 4) is 0 Å². The van der Waals surface area contributed by atoms with Gasteiger partial charge < -0.3 is 0 Å². The lowest BCUT2D eigenvalue weighted by molar-refractivity contribution is 1.43. The van der Waals surface area contributed by atoms with Gasteiger partial charge in [0.25, 0.3) is 0 Å². The molecule has 0 aliphatic rings. The number of hydrogen-bond acceptors (Lipinski definition) is 2. The highest BCUT2D eigenvalue weighted by atomic mass is 32.2. The third-order valence-corrected chi connectivity index (χ3v) is 5.02. The van der Waals surface area contributed by atoms with Gasteiger partial charge in [-0.15, -0.1) is 23.5 Å². The third-order valence-electron chi connectivity index (χ3n) is 2.51. The van der Waals surface area contributed by atoms with E-state index in [-0.39, 0.29) is 0 Å². The minimum Gasteiger partial charge on any atom is -0.146 e. The van der Waals surface area contributed by atoms with Crippen LogP contribution < -0.4 is 0 Å². The van der Waals surface area contributed by atoms with Gasteiger partial charge in [-0.1, -0.05) is 42.5 Å². The van der Waals surface area contributed by atoms with Gasteiger partial charge in [-0.3, -0.25) is 0 Å². The number of hydrogen-bond donors (Lipinski definition) is 0. The first-order chi connectivity index (χ1) is 7.36. The average molecular weight is 234 g/mol. The molecule has 0 aromatic heterocycles. The maximum atomic E-state index is 2.24. The maximum Gasteiger partial charge on any atom is 0.0751 e. The summed E-state index contributed by atoms with van der Waals surface area (Å²) < 4.78 is 0.538. The lowest BCUT2D eigenvalue weighted by Crippen LogP contribution is -1.89. The second kappa shape index (κ2) is 4.95. The van der Waals surface area contributed by atoms with Crippen molar-refractivity contribution in [3.63, 3.8) is 0 Å². The second-order valence-corrected chi connectivity index (χ2v) is 5.56. The minimum absolute atomic E-state index is 0.538. The van der Waals surface area contributed by atoms with E-state index >= 15 is 0 Å². The summed E-state index contributed by atoms with van der Waals surface area (Å²) in [6, 6.07) is 15.2. The fraction of sp³-hybridized carbons (Fsp3) is 0.231. The molecule has 2 aromatic carbocycles. The lowest BCUT2D eigenvalue weighted by Gasteiger charge is -2.14. The summed E-state index contributed by atoms with van der Waals surface area (Å²) in [4.78, 5) is 0. The van der Waals surface area contributed by atoms with E-state index in [0.717, 1.165) is 0 Å². The van der Waals surface area contributed by atoms with E-state index in [1.165, 1.54) is 16.3 Å². The quantitative estimate of drug-likeness (QED) is 0.714. The van der Waals surface area contributed by atoms with Gasteiger partial charge in [0.05, 0.1) is 4.58 Å². The topological polar surface area (TPSA) is 0 Å². The van der Waals surface area contributed by atoms with E-state index in [2.05, 4.69) is 55.0 Å². The lowest BCUT2D eigenvalue weighted by atomic mass is 10.1. The van der Waals surface area contributed by atoms with Crippen LogP contribution in [0.25, 0.3) is 10.8 Å². The van der Waals surface area contributed by atoms with Crippen molar-refractivity contribution in [1.82, 2.24) is 0 Å². The third kappa shape index (κ3) is 2.16. The molecule has 0 amide bonds. The Balaban J connectivity index is 2.59. The Labute approximate surface area is 99.5 Å². The van der Waals surface area contributed by atoms with Crippen LogP contribution >= 0.6 is 23.5 Å². The zero-order valence-corrected chi connectivity index (χ0v) is 10.6. The van der Waals surface area contributed by atoms with Crippen LogP contribution in [0.5, 0.6) is 0 Å². The van der Waals surface area contributed by atoms with E-state index in [0.29, 0.717) is 4.58 Å². The van der Waals surface area contributed by atoms with Gasteiger partial charge in [0.2, 0.25) is 0 Å². The largest absolute Gasteiger partial charge is 0.146 e. The van der Waals surface area contributed by atoms with Crippen molar-refractivity contribution < 1.29 is 0 Å². The Kier molecular flexibility index (Phi) is 3.60. The van der Waals surface area contributed by atoms with Crippen LogP contribution in [0.1, 0.15) is 10.1 Å². The van der Waals surface area contributed by atoms with E-state index in [9.17, 15) is 0 Å². The molecule has 0 unspecified atom stereocenters. The van der Waals surface area contributed by atoms with Crippen molar-refractivity contribution in [2.75, 3.05) is 12.5 Å². The molecule has 0 aliphatic heterocycles. The van der Waals surface area contributed by atoms with Crippen LogP contribution in [0.4, 0.5) is 0 Å². The molecule has 2 heteroatoms. The van der Waals surface area contributed by atoms with Crippen molar-refractivity contribution >= 4 is 34.3 Å². The summed E-state index contributed by atoms with van der Waals surface area (Å²) in [7, 11) is 0. The molecule has 0 spiro atoms. The van der Waals surface area contributed by atoms with Gasteiger partial charge in [-0.05, 0) is 28.8 Å². The average Bonchev–Trinajstić information content (AvgIpc) is 2.31. The fourth-order valence-electron chi connectivity index (χ4n) is 1.81. The Morgan fingerprint density at radius 2 is 1.53 bits per heavy atom. The molecule has 0 bridgehead atoms. The normalized spacial score (nSPS) is 11.1. The number of rotatable bonds is 3. The van der Waals surface area contributed by atoms with Gasteiger partial charge in [0.1, 0.15) is 0 Å². The summed E-state index contributed by atoms with van der Waals surface area (Å²) in [5.41, 5.74) is 1.44. The first kappa shape index (κ1) is 10.9. The van der Waals surface area contributed by atoms with Crippen LogP contribution in [0, 0.1) is 0 Å². The van der Waals surface area contributed by atoms with Crippen molar-refractivity contribution in [2.24, 2.45) is 0 Å². The standard InChI is InChI=1S/C13H14S2/c1-14-13(15-2)12-9-5-7-10-6-3-4-8-11(10)12/h3-9,13H,1-2H3. The minimum atomic E-state index is 0.538. The highest BCUT2D eigenvalue weighted by molar-refractivity contribution is 8.15. The Hall–Kier alpha value is -0.600. The number of fused-ring (bicyclic) bond motifs is 1. The SMILES string of the molecule is CSC(SC)c1cccc2ccccc12. The van der Waals surface area contributed by atoms with Crippen molar-refractivity contribution in [3.05, 3.63) is 48.0 Å². The van der Waals surface area contributed by atoms with E-state index < -0.39 is 0 Å². The molecule has 0 saturated heterocycles. The van der Waals surface area contributed by atoms with Gasteiger partial charge >= 0.3 is 0 Å². The zero-order chi connectivity index (χ0) is 10.7. The summed E-state index contributed by atoms with van der Waals surface area (Å²) in [6.45, 7) is 0. The molecule has 0 aliphatic carbocycles. The zero-order valence-electron chi connectivity index (χ0n) is 8.94. The smallest absolute Gasteiger partial charge is 0.0751 e. The molecule has 78 valence electrons. The van der Waals surface area contributed by atoms with Crippen molar-refractivity contribution in [2.45, 2.75) is 4.58 Å². The summed E-state index contributed by atoms with van der Waals surface area (Å²) in [5.74, 6) is 0. The Bertz CT molecular complexity index is 442. The molecule has 0 fully saturated rings. The maximum absolute atomic E-state index is 2.24. The second-order valence-electron chi connectivity index (χ2n) is 3.37. The summed E-state index contributed by atoms with van der Waals surface area (Å²) in [5, 5.41) is 2.72. The first-order valence-electron chi connectivity index (χ1n) is 4.90. The fourth-order valence-corrected chi connectivity index (χ4v) is 3.49. The Morgan fingerprint density at radius 3 is 2.27 bits per heavy atom. The molecule has 0 radical (unpaired) electrons. The predicted octanol–water partition coefficient (Wildman–Crippen LogP) is 4.56. The molecule has 0 saturated carbocycles. The summed E-state index contributed by atoms with van der Waals surface area (Å²) >= 11 is 3.80. The van der Waals surface area contributed by atoms with Gasteiger partial charge in [-0.2, -0.15) is 0 Å². The van der Waals surface area contributed by atoms with Crippen LogP contribution in [0.3, 0.4) is 0 Å². The molecule has 0 atom stereocenters.